The lowest BCUT2D eigenvalue weighted by atomic mass is 9.88. The van der Waals surface area contributed by atoms with Gasteiger partial charge in [0.05, 0.1) is 6.61 Å². The number of ether oxygens (including phenoxy) is 2. The number of piperidine rings is 1. The van der Waals surface area contributed by atoms with Gasteiger partial charge in [-0.3, -0.25) is 9.59 Å². The van der Waals surface area contributed by atoms with Crippen molar-refractivity contribution in [3.8, 4) is 11.5 Å². The van der Waals surface area contributed by atoms with Crippen molar-refractivity contribution in [3.63, 3.8) is 0 Å². The summed E-state index contributed by atoms with van der Waals surface area (Å²) in [5, 5.41) is 3.02. The minimum Gasteiger partial charge on any atom is -0.490 e. The third-order valence-corrected chi connectivity index (χ3v) is 6.52. The summed E-state index contributed by atoms with van der Waals surface area (Å²) in [5.41, 5.74) is 1.31. The summed E-state index contributed by atoms with van der Waals surface area (Å²) >= 11 is 0. The molecule has 6 nitrogen and oxygen atoms in total. The van der Waals surface area contributed by atoms with Gasteiger partial charge in [0, 0.05) is 43.1 Å². The summed E-state index contributed by atoms with van der Waals surface area (Å²) < 4.78 is 11.8. The van der Waals surface area contributed by atoms with Crippen LogP contribution in [0.5, 0.6) is 11.5 Å². The largest absolute Gasteiger partial charge is 0.490 e. The zero-order valence-electron chi connectivity index (χ0n) is 19.4. The number of amides is 2. The molecule has 1 aliphatic heterocycles. The standard InChI is InChI=1S/C27H34N2O4/c1-2-32-24-13-6-7-14-25(24)33-23-15-17-29(18-16-23)27(31)21-11-8-12-22(19-21)28-26(30)20-9-4-3-5-10-20/h6-8,11-14,19-20,23H,2-5,9-10,15-18H2,1H3,(H,28,30). The Kier molecular flexibility index (Phi) is 7.87. The van der Waals surface area contributed by atoms with E-state index < -0.39 is 0 Å². The van der Waals surface area contributed by atoms with Crippen molar-refractivity contribution in [3.05, 3.63) is 54.1 Å². The van der Waals surface area contributed by atoms with Gasteiger partial charge in [-0.25, -0.2) is 0 Å². The van der Waals surface area contributed by atoms with Crippen LogP contribution in [0.25, 0.3) is 0 Å². The zero-order chi connectivity index (χ0) is 23.0. The maximum Gasteiger partial charge on any atom is 0.253 e. The predicted octanol–water partition coefficient (Wildman–Crippen LogP) is 5.29. The third kappa shape index (κ3) is 6.06. The van der Waals surface area contributed by atoms with E-state index in [-0.39, 0.29) is 23.8 Å². The molecule has 2 aliphatic rings. The van der Waals surface area contributed by atoms with Crippen LogP contribution in [0.1, 0.15) is 62.2 Å². The van der Waals surface area contributed by atoms with Crippen molar-refractivity contribution in [1.29, 1.82) is 0 Å². The van der Waals surface area contributed by atoms with Crippen LogP contribution in [-0.2, 0) is 4.79 Å². The number of carbonyl (C=O) groups excluding carboxylic acids is 2. The first-order chi connectivity index (χ1) is 16.1. The first kappa shape index (κ1) is 23.1. The molecular weight excluding hydrogens is 416 g/mol. The average molecular weight is 451 g/mol. The Bertz CT molecular complexity index is 947. The fraction of sp³-hybridized carbons (Fsp3) is 0.481. The highest BCUT2D eigenvalue weighted by Crippen LogP contribution is 2.30. The lowest BCUT2D eigenvalue weighted by Gasteiger charge is -2.32. The van der Waals surface area contributed by atoms with Gasteiger partial charge in [0.1, 0.15) is 6.10 Å². The minimum absolute atomic E-state index is 0.00284. The molecule has 0 atom stereocenters. The zero-order valence-corrected chi connectivity index (χ0v) is 19.4. The van der Waals surface area contributed by atoms with Gasteiger partial charge in [0.15, 0.2) is 11.5 Å². The summed E-state index contributed by atoms with van der Waals surface area (Å²) in [6.45, 7) is 3.82. The highest BCUT2D eigenvalue weighted by Gasteiger charge is 2.26. The molecule has 0 unspecified atom stereocenters. The maximum absolute atomic E-state index is 13.1. The monoisotopic (exact) mass is 450 g/mol. The van der Waals surface area contributed by atoms with E-state index in [1.807, 2.05) is 54.3 Å². The Hall–Kier alpha value is -3.02. The molecule has 1 saturated heterocycles. The summed E-state index contributed by atoms with van der Waals surface area (Å²) in [5.74, 6) is 1.67. The molecule has 0 bridgehead atoms. The third-order valence-electron chi connectivity index (χ3n) is 6.52. The number of nitrogens with zero attached hydrogens (tertiary/aromatic N) is 1. The van der Waals surface area contributed by atoms with Gasteiger partial charge in [0.25, 0.3) is 5.91 Å². The Balaban J connectivity index is 1.31. The van der Waals surface area contributed by atoms with E-state index in [9.17, 15) is 9.59 Å². The van der Waals surface area contributed by atoms with Crippen LogP contribution in [0.2, 0.25) is 0 Å². The van der Waals surface area contributed by atoms with E-state index in [0.717, 1.165) is 50.0 Å². The fourth-order valence-electron chi connectivity index (χ4n) is 4.70. The van der Waals surface area contributed by atoms with Crippen molar-refractivity contribution in [2.24, 2.45) is 5.92 Å². The van der Waals surface area contributed by atoms with E-state index in [1.54, 1.807) is 6.07 Å². The first-order valence-corrected chi connectivity index (χ1v) is 12.2. The molecule has 4 rings (SSSR count). The highest BCUT2D eigenvalue weighted by atomic mass is 16.5. The normalized spacial score (nSPS) is 17.4. The van der Waals surface area contributed by atoms with E-state index in [2.05, 4.69) is 5.32 Å². The smallest absolute Gasteiger partial charge is 0.253 e. The van der Waals surface area contributed by atoms with E-state index in [0.29, 0.717) is 30.9 Å². The molecule has 33 heavy (non-hydrogen) atoms. The van der Waals surface area contributed by atoms with E-state index in [4.69, 9.17) is 9.47 Å². The SMILES string of the molecule is CCOc1ccccc1OC1CCN(C(=O)c2cccc(NC(=O)C3CCCCC3)c2)CC1. The molecule has 2 aromatic carbocycles. The molecule has 1 N–H and O–H groups in total. The lowest BCUT2D eigenvalue weighted by Crippen LogP contribution is -2.41. The van der Waals surface area contributed by atoms with Crippen LogP contribution in [0, 0.1) is 5.92 Å². The van der Waals surface area contributed by atoms with Gasteiger partial charge in [-0.15, -0.1) is 0 Å². The number of para-hydroxylation sites is 2. The number of likely N-dealkylation sites (tertiary alicyclic amines) is 1. The van der Waals surface area contributed by atoms with Gasteiger partial charge >= 0.3 is 0 Å². The molecule has 0 aromatic heterocycles. The topological polar surface area (TPSA) is 67.9 Å². The minimum atomic E-state index is -0.00284. The van der Waals surface area contributed by atoms with Crippen LogP contribution in [0.3, 0.4) is 0 Å². The van der Waals surface area contributed by atoms with Crippen molar-refractivity contribution >= 4 is 17.5 Å². The maximum atomic E-state index is 13.1. The Morgan fingerprint density at radius 2 is 1.67 bits per heavy atom. The molecule has 1 saturated carbocycles. The van der Waals surface area contributed by atoms with Crippen LogP contribution >= 0.6 is 0 Å². The Morgan fingerprint density at radius 1 is 0.939 bits per heavy atom. The quantitative estimate of drug-likeness (QED) is 0.623. The Morgan fingerprint density at radius 3 is 2.39 bits per heavy atom. The number of carbonyl (C=O) groups is 2. The van der Waals surface area contributed by atoms with Gasteiger partial charge in [-0.05, 0) is 50.1 Å². The summed E-state index contributed by atoms with van der Waals surface area (Å²) in [6.07, 6.45) is 6.95. The number of benzene rings is 2. The number of hydrogen-bond acceptors (Lipinski definition) is 4. The van der Waals surface area contributed by atoms with Crippen LogP contribution < -0.4 is 14.8 Å². The van der Waals surface area contributed by atoms with Crippen LogP contribution in [0.4, 0.5) is 5.69 Å². The first-order valence-electron chi connectivity index (χ1n) is 12.2. The molecule has 0 spiro atoms. The molecule has 2 fully saturated rings. The fourth-order valence-corrected chi connectivity index (χ4v) is 4.70. The average Bonchev–Trinajstić information content (AvgIpc) is 2.86. The van der Waals surface area contributed by atoms with E-state index in [1.165, 1.54) is 6.42 Å². The van der Waals surface area contributed by atoms with Gasteiger partial charge in [-0.1, -0.05) is 37.5 Å². The second-order valence-electron chi connectivity index (χ2n) is 8.89. The van der Waals surface area contributed by atoms with Gasteiger partial charge < -0.3 is 19.7 Å². The molecule has 1 aliphatic carbocycles. The van der Waals surface area contributed by atoms with Crippen molar-refractivity contribution in [2.75, 3.05) is 25.0 Å². The van der Waals surface area contributed by atoms with E-state index >= 15 is 0 Å². The number of rotatable bonds is 7. The van der Waals surface area contributed by atoms with Gasteiger partial charge in [0.2, 0.25) is 5.91 Å². The number of anilines is 1. The lowest BCUT2D eigenvalue weighted by molar-refractivity contribution is -0.120. The van der Waals surface area contributed by atoms with Crippen molar-refractivity contribution in [1.82, 2.24) is 4.90 Å². The Labute approximate surface area is 196 Å². The summed E-state index contributed by atoms with van der Waals surface area (Å²) in [6, 6.07) is 15.0. The highest BCUT2D eigenvalue weighted by molar-refractivity contribution is 5.97. The predicted molar refractivity (Wildman–Crippen MR) is 129 cm³/mol. The second-order valence-corrected chi connectivity index (χ2v) is 8.89. The molecule has 2 amide bonds. The second kappa shape index (κ2) is 11.2. The molecule has 6 heteroatoms. The molecule has 176 valence electrons. The molecule has 2 aromatic rings. The number of hydrogen-bond donors (Lipinski definition) is 1. The van der Waals surface area contributed by atoms with Crippen LogP contribution in [-0.4, -0.2) is 42.5 Å². The summed E-state index contributed by atoms with van der Waals surface area (Å²) in [4.78, 5) is 27.5. The molecular formula is C27H34N2O4. The summed E-state index contributed by atoms with van der Waals surface area (Å²) in [7, 11) is 0. The number of nitrogens with one attached hydrogen (secondary N) is 1. The van der Waals surface area contributed by atoms with Gasteiger partial charge in [-0.2, -0.15) is 0 Å². The molecule has 0 radical (unpaired) electrons. The van der Waals surface area contributed by atoms with Crippen LogP contribution in [0.15, 0.2) is 48.5 Å². The van der Waals surface area contributed by atoms with Crippen molar-refractivity contribution < 1.29 is 19.1 Å². The van der Waals surface area contributed by atoms with Crippen molar-refractivity contribution in [2.45, 2.75) is 58.0 Å². The molecule has 1 heterocycles.